The Kier molecular flexibility index (Phi) is 3.11. The number of carbonyl (C=O) groups excluding carboxylic acids is 2. The fraction of sp³-hybridized carbons (Fsp3) is 0.800. The summed E-state index contributed by atoms with van der Waals surface area (Å²) in [5.41, 5.74) is -3.07. The van der Waals surface area contributed by atoms with Crippen LogP contribution in [-0.4, -0.2) is 57.8 Å². The Balaban J connectivity index is 1.60. The predicted octanol–water partition coefficient (Wildman–Crippen LogP) is 1.27. The van der Waals surface area contributed by atoms with Crippen molar-refractivity contribution in [1.29, 1.82) is 0 Å². The van der Waals surface area contributed by atoms with Gasteiger partial charge in [-0.3, -0.25) is 4.79 Å². The first-order chi connectivity index (χ1) is 12.5. The molecule has 9 atom stereocenters. The molecule has 3 aliphatic heterocycles. The molecule has 0 aromatic rings. The van der Waals surface area contributed by atoms with Crippen molar-refractivity contribution >= 4 is 11.9 Å². The molecule has 5 rings (SSSR count). The number of rotatable bonds is 2. The van der Waals surface area contributed by atoms with E-state index in [0.717, 1.165) is 0 Å². The molecule has 27 heavy (non-hydrogen) atoms. The topological polar surface area (TPSA) is 97.9 Å². The van der Waals surface area contributed by atoms with E-state index in [1.807, 2.05) is 6.92 Å². The van der Waals surface area contributed by atoms with Crippen molar-refractivity contribution in [2.24, 2.45) is 11.8 Å². The fourth-order valence-electron chi connectivity index (χ4n) is 6.24. The third-order valence-corrected chi connectivity index (χ3v) is 7.77. The van der Waals surface area contributed by atoms with Crippen LogP contribution in [0, 0.1) is 11.8 Å². The van der Waals surface area contributed by atoms with Crippen molar-refractivity contribution in [3.05, 3.63) is 11.6 Å². The summed E-state index contributed by atoms with van der Waals surface area (Å²) in [7, 11) is 0. The second kappa shape index (κ2) is 4.75. The van der Waals surface area contributed by atoms with E-state index in [1.165, 1.54) is 0 Å². The lowest BCUT2D eigenvalue weighted by Crippen LogP contribution is -2.57. The van der Waals surface area contributed by atoms with Gasteiger partial charge in [0.15, 0.2) is 11.2 Å². The molecule has 3 heterocycles. The van der Waals surface area contributed by atoms with Crippen LogP contribution in [-0.2, 0) is 28.5 Å². The van der Waals surface area contributed by atoms with Gasteiger partial charge in [0, 0.05) is 24.3 Å². The second-order valence-electron chi connectivity index (χ2n) is 9.23. The molecule has 0 aromatic carbocycles. The number of ether oxygens (including phenoxy) is 4. The zero-order valence-corrected chi connectivity index (χ0v) is 16.3. The predicted molar refractivity (Wildman–Crippen MR) is 91.5 cm³/mol. The molecule has 5 fully saturated rings. The Labute approximate surface area is 158 Å². The van der Waals surface area contributed by atoms with E-state index in [4.69, 9.17) is 18.9 Å². The van der Waals surface area contributed by atoms with E-state index < -0.39 is 46.5 Å². The van der Waals surface area contributed by atoms with E-state index in [2.05, 4.69) is 0 Å². The maximum absolute atomic E-state index is 12.5. The van der Waals surface area contributed by atoms with Crippen molar-refractivity contribution in [2.45, 2.75) is 88.2 Å². The van der Waals surface area contributed by atoms with E-state index in [-0.39, 0.29) is 24.4 Å². The highest BCUT2D eigenvalue weighted by Crippen LogP contribution is 2.80. The number of hydrogen-bond donors (Lipinski definition) is 1. The summed E-state index contributed by atoms with van der Waals surface area (Å²) in [6.07, 6.45) is 1.13. The molecule has 0 aromatic heterocycles. The number of hydrogen-bond acceptors (Lipinski definition) is 7. The van der Waals surface area contributed by atoms with Crippen molar-refractivity contribution in [1.82, 2.24) is 0 Å². The summed E-state index contributed by atoms with van der Waals surface area (Å²) in [6, 6.07) is 0. The Morgan fingerprint density at radius 2 is 2.00 bits per heavy atom. The highest BCUT2D eigenvalue weighted by Gasteiger charge is 3.00. The van der Waals surface area contributed by atoms with E-state index in [9.17, 15) is 14.7 Å². The average Bonchev–Trinajstić information content (AvgIpc) is 3.42. The third-order valence-electron chi connectivity index (χ3n) is 7.77. The standard InChI is InChI=1S/C20H26O7/c1-6-9(2)15(21)24-11-7-17(4,23)19-12(26-19)8-18(5)20(19,27-18)14-13(11)10(3)16(22)25-14/h6,10-14,23H,7-8H2,1-5H3/b9-6+/t10-,11-,12+,13+,14-,17-,18-,19-,20-/m0/s1. The first-order valence-electron chi connectivity index (χ1n) is 9.69. The largest absolute Gasteiger partial charge is 0.458 e. The smallest absolute Gasteiger partial charge is 0.333 e. The number of fused-ring (bicyclic) bond motifs is 1. The van der Waals surface area contributed by atoms with Crippen LogP contribution in [0.5, 0.6) is 0 Å². The van der Waals surface area contributed by atoms with Gasteiger partial charge in [0.1, 0.15) is 23.4 Å². The number of epoxide rings is 2. The van der Waals surface area contributed by atoms with Gasteiger partial charge in [-0.15, -0.1) is 0 Å². The van der Waals surface area contributed by atoms with Gasteiger partial charge in [-0.25, -0.2) is 4.79 Å². The number of aliphatic hydroxyl groups is 1. The molecule has 0 bridgehead atoms. The Hall–Kier alpha value is -1.44. The summed E-state index contributed by atoms with van der Waals surface area (Å²) < 4.78 is 23.9. The van der Waals surface area contributed by atoms with Crippen molar-refractivity contribution < 1.29 is 33.6 Å². The number of esters is 2. The molecule has 2 aliphatic carbocycles. The van der Waals surface area contributed by atoms with Crippen molar-refractivity contribution in [2.75, 3.05) is 0 Å². The first-order valence-corrected chi connectivity index (χ1v) is 9.69. The number of allylic oxidation sites excluding steroid dienone is 1. The number of carbonyl (C=O) groups is 2. The Morgan fingerprint density at radius 3 is 2.67 bits per heavy atom. The lowest BCUT2D eigenvalue weighted by atomic mass is 9.74. The first kappa shape index (κ1) is 17.6. The normalized spacial score (nSPS) is 57.6. The van der Waals surface area contributed by atoms with Gasteiger partial charge in [-0.1, -0.05) is 13.0 Å². The molecular formula is C20H26O7. The van der Waals surface area contributed by atoms with Gasteiger partial charge in [-0.05, 0) is 27.7 Å². The molecule has 0 amide bonds. The van der Waals surface area contributed by atoms with Crippen LogP contribution in [0.15, 0.2) is 11.6 Å². The van der Waals surface area contributed by atoms with Crippen LogP contribution in [0.1, 0.15) is 47.5 Å². The Bertz CT molecular complexity index is 787. The highest BCUT2D eigenvalue weighted by atomic mass is 16.7. The third kappa shape index (κ3) is 1.75. The Morgan fingerprint density at radius 1 is 1.30 bits per heavy atom. The monoisotopic (exact) mass is 378 g/mol. The summed E-state index contributed by atoms with van der Waals surface area (Å²) >= 11 is 0. The maximum Gasteiger partial charge on any atom is 0.333 e. The van der Waals surface area contributed by atoms with Crippen LogP contribution in [0.25, 0.3) is 0 Å². The second-order valence-corrected chi connectivity index (χ2v) is 9.23. The minimum atomic E-state index is -1.27. The van der Waals surface area contributed by atoms with E-state index in [1.54, 1.807) is 33.8 Å². The fourth-order valence-corrected chi connectivity index (χ4v) is 6.24. The lowest BCUT2D eigenvalue weighted by Gasteiger charge is -2.34. The lowest BCUT2D eigenvalue weighted by molar-refractivity contribution is -0.153. The van der Waals surface area contributed by atoms with Crippen molar-refractivity contribution in [3.8, 4) is 0 Å². The van der Waals surface area contributed by atoms with E-state index in [0.29, 0.717) is 12.0 Å². The molecule has 3 saturated heterocycles. The van der Waals surface area contributed by atoms with Gasteiger partial charge in [0.2, 0.25) is 0 Å². The summed E-state index contributed by atoms with van der Waals surface area (Å²) in [5.74, 6) is -1.60. The molecule has 7 heteroatoms. The minimum absolute atomic E-state index is 0.131. The molecule has 2 spiro atoms. The van der Waals surface area contributed by atoms with E-state index >= 15 is 0 Å². The van der Waals surface area contributed by atoms with Crippen LogP contribution in [0.3, 0.4) is 0 Å². The quantitative estimate of drug-likeness (QED) is 0.439. The molecule has 2 saturated carbocycles. The maximum atomic E-state index is 12.5. The summed E-state index contributed by atoms with van der Waals surface area (Å²) in [6.45, 7) is 8.95. The molecule has 5 aliphatic rings. The zero-order valence-electron chi connectivity index (χ0n) is 16.3. The van der Waals surface area contributed by atoms with Gasteiger partial charge in [-0.2, -0.15) is 0 Å². The molecule has 0 unspecified atom stereocenters. The van der Waals surface area contributed by atoms with Crippen LogP contribution in [0.2, 0.25) is 0 Å². The van der Waals surface area contributed by atoms with Crippen LogP contribution in [0.4, 0.5) is 0 Å². The molecular weight excluding hydrogens is 352 g/mol. The van der Waals surface area contributed by atoms with Gasteiger partial charge < -0.3 is 24.1 Å². The average molecular weight is 378 g/mol. The molecule has 148 valence electrons. The highest BCUT2D eigenvalue weighted by molar-refractivity contribution is 5.88. The summed E-state index contributed by atoms with van der Waals surface area (Å²) in [5, 5.41) is 11.5. The zero-order chi connectivity index (χ0) is 19.6. The van der Waals surface area contributed by atoms with Crippen molar-refractivity contribution in [3.63, 3.8) is 0 Å². The van der Waals surface area contributed by atoms with Gasteiger partial charge in [0.25, 0.3) is 0 Å². The summed E-state index contributed by atoms with van der Waals surface area (Å²) in [4.78, 5) is 24.9. The molecule has 7 nitrogen and oxygen atoms in total. The van der Waals surface area contributed by atoms with Gasteiger partial charge >= 0.3 is 11.9 Å². The SMILES string of the molecule is C/C=C(\C)C(=O)O[C@H]1C[C@](C)(O)[C@@]23O[C@@H]2C[C@]2(C)O[C@]32[C@H]2OC(=O)[C@@H](C)[C@H]12. The van der Waals surface area contributed by atoms with Crippen LogP contribution >= 0.6 is 0 Å². The molecule has 1 N–H and O–H groups in total. The minimum Gasteiger partial charge on any atom is -0.458 e. The van der Waals surface area contributed by atoms with Crippen LogP contribution < -0.4 is 0 Å². The molecule has 0 radical (unpaired) electrons. The van der Waals surface area contributed by atoms with Gasteiger partial charge in [0.05, 0.1) is 12.0 Å².